The Kier molecular flexibility index (Phi) is 15.9. The number of ether oxygens (including phenoxy) is 4. The normalized spacial score (nSPS) is 19.5. The van der Waals surface area contributed by atoms with Gasteiger partial charge in [-0.05, 0) is 105 Å². The maximum atomic E-state index is 14.2. The molecule has 5 aliphatic rings. The zero-order chi connectivity index (χ0) is 43.6. The van der Waals surface area contributed by atoms with Crippen LogP contribution in [0.5, 0.6) is 17.2 Å². The van der Waals surface area contributed by atoms with E-state index in [-0.39, 0.29) is 42.6 Å². The van der Waals surface area contributed by atoms with Crippen LogP contribution >= 0.6 is 31.9 Å². The maximum absolute atomic E-state index is 14.2. The van der Waals surface area contributed by atoms with Gasteiger partial charge < -0.3 is 44.2 Å². The van der Waals surface area contributed by atoms with Crippen molar-refractivity contribution < 1.29 is 51.9 Å². The van der Waals surface area contributed by atoms with Crippen molar-refractivity contribution in [1.29, 1.82) is 0 Å². The summed E-state index contributed by atoms with van der Waals surface area (Å²) < 4.78 is 58.3. The second-order valence-corrected chi connectivity index (χ2v) is 17.3. The van der Waals surface area contributed by atoms with E-state index in [0.717, 1.165) is 70.2 Å². The molecule has 4 heterocycles. The lowest BCUT2D eigenvalue weighted by Crippen LogP contribution is -2.30. The summed E-state index contributed by atoms with van der Waals surface area (Å²) in [6, 6.07) is 17.0. The van der Waals surface area contributed by atoms with Crippen molar-refractivity contribution in [3.05, 3.63) is 121 Å². The average Bonchev–Trinajstić information content (AvgIpc) is 4.09. The molecule has 2 fully saturated rings. The van der Waals surface area contributed by atoms with E-state index < -0.39 is 11.9 Å². The summed E-state index contributed by atoms with van der Waals surface area (Å²) in [6.07, 6.45) is 7.87. The van der Waals surface area contributed by atoms with Crippen LogP contribution in [0.25, 0.3) is 11.0 Å². The summed E-state index contributed by atoms with van der Waals surface area (Å²) >= 11 is 6.94. The number of carboxylic acid groups (broad SMARTS) is 2. The van der Waals surface area contributed by atoms with Crippen molar-refractivity contribution >= 4 is 54.8 Å². The van der Waals surface area contributed by atoms with Gasteiger partial charge in [-0.2, -0.15) is 0 Å². The van der Waals surface area contributed by atoms with Gasteiger partial charge in [-0.25, -0.2) is 8.78 Å². The van der Waals surface area contributed by atoms with E-state index in [9.17, 15) is 18.4 Å². The number of nitrogens with one attached hydrogen (secondary N) is 2. The minimum absolute atomic E-state index is 0.0441. The third kappa shape index (κ3) is 11.5. The molecule has 1 aromatic heterocycles. The zero-order valence-corrected chi connectivity index (χ0v) is 37.3. The minimum atomic E-state index is -0.911. The molecule has 15 heteroatoms. The van der Waals surface area contributed by atoms with Crippen molar-refractivity contribution in [3.63, 3.8) is 0 Å². The highest BCUT2D eigenvalue weighted by Gasteiger charge is 2.32. The van der Waals surface area contributed by atoms with E-state index in [1.54, 1.807) is 42.5 Å². The van der Waals surface area contributed by atoms with Gasteiger partial charge in [0.2, 0.25) is 0 Å². The summed E-state index contributed by atoms with van der Waals surface area (Å²) in [4.78, 5) is 21.8. The highest BCUT2D eigenvalue weighted by Crippen LogP contribution is 2.44. The first-order valence-electron chi connectivity index (χ1n) is 21.0. The van der Waals surface area contributed by atoms with Crippen molar-refractivity contribution in [2.75, 3.05) is 46.0 Å². The lowest BCUT2D eigenvalue weighted by molar-refractivity contribution is -0.138. The fourth-order valence-corrected chi connectivity index (χ4v) is 9.38. The second kappa shape index (κ2) is 21.7. The molecule has 0 spiro atoms. The fraction of sp³-hybridized carbons (Fsp3) is 0.404. The Hall–Kier alpha value is -4.54. The van der Waals surface area contributed by atoms with Gasteiger partial charge in [0.15, 0.2) is 0 Å². The standard InChI is InChI=1S/C19H16BrFO4.C19H14BrFO4.C5H11N.C4H9NO/c2*20-14-4-5-15(21)19-13(14)3-6-16(19)25-11-1-2-12-10(7-18(22)23)9-24-17(12)8-11;1-2-4-6-5-3-1;1-3-6-4-2-5-1/h1-2,4-5,8,10,16H,3,6-7,9H2,(H,22,23);1-2,4-5,8-9,16H,3,6-7H2,(H,22,23);6H,1-5H2;5H,1-4H2/t10-,16-;16-;;/m11../s1. The summed E-state index contributed by atoms with van der Waals surface area (Å²) in [7, 11) is 0. The lowest BCUT2D eigenvalue weighted by atomic mass is 9.98. The molecule has 3 aliphatic heterocycles. The molecule has 4 N–H and O–H groups in total. The number of halogens is 4. The number of hydrogen-bond acceptors (Lipinski definition) is 9. The van der Waals surface area contributed by atoms with E-state index in [1.165, 1.54) is 50.7 Å². The summed E-state index contributed by atoms with van der Waals surface area (Å²) in [5, 5.41) is 25.1. The summed E-state index contributed by atoms with van der Waals surface area (Å²) in [5.41, 5.74) is 5.18. The van der Waals surface area contributed by atoms with Crippen LogP contribution in [0.3, 0.4) is 0 Å². The highest BCUT2D eigenvalue weighted by atomic mass is 79.9. The van der Waals surface area contributed by atoms with Crippen LogP contribution in [0.4, 0.5) is 8.78 Å². The molecule has 330 valence electrons. The van der Waals surface area contributed by atoms with E-state index in [1.807, 2.05) is 6.07 Å². The number of carbonyl (C=O) groups is 2. The van der Waals surface area contributed by atoms with Gasteiger partial charge in [0, 0.05) is 67.7 Å². The SMILES string of the molecule is C1CCNCC1.C1COCCN1.O=C(O)C[C@@H]1COc2cc(O[C@@H]3CCc4c(Br)ccc(F)c43)ccc21.O=C(O)Cc1coc2cc(O[C@@H]3CCc4c(Br)ccc(F)c43)ccc12. The predicted octanol–water partition coefficient (Wildman–Crippen LogP) is 10.00. The van der Waals surface area contributed by atoms with Gasteiger partial charge in [-0.15, -0.1) is 0 Å². The smallest absolute Gasteiger partial charge is 0.307 e. The molecule has 5 aromatic rings. The molecule has 2 aliphatic carbocycles. The van der Waals surface area contributed by atoms with Crippen molar-refractivity contribution in [3.8, 4) is 17.2 Å². The molecule has 0 bridgehead atoms. The fourth-order valence-electron chi connectivity index (χ4n) is 8.29. The molecular formula is C47H50Br2F2N2O9. The van der Waals surface area contributed by atoms with E-state index in [2.05, 4.69) is 42.5 Å². The Balaban J connectivity index is 0.000000147. The van der Waals surface area contributed by atoms with E-state index in [4.69, 9.17) is 33.6 Å². The van der Waals surface area contributed by atoms with Crippen LogP contribution in [0.15, 0.2) is 80.3 Å². The topological polar surface area (TPSA) is 149 Å². The van der Waals surface area contributed by atoms with Crippen LogP contribution in [-0.4, -0.2) is 68.2 Å². The molecule has 2 saturated heterocycles. The lowest BCUT2D eigenvalue weighted by Gasteiger charge is -2.16. The Bertz CT molecular complexity index is 2320. The van der Waals surface area contributed by atoms with Crippen LogP contribution in [0.1, 0.15) is 90.0 Å². The number of carboxylic acids is 2. The first kappa shape index (κ1) is 45.5. The number of rotatable bonds is 8. The third-order valence-electron chi connectivity index (χ3n) is 11.3. The predicted molar refractivity (Wildman–Crippen MR) is 236 cm³/mol. The van der Waals surface area contributed by atoms with Crippen molar-refractivity contribution in [2.45, 2.75) is 75.9 Å². The van der Waals surface area contributed by atoms with Gasteiger partial charge in [0.25, 0.3) is 0 Å². The van der Waals surface area contributed by atoms with Crippen LogP contribution in [0, 0.1) is 11.6 Å². The van der Waals surface area contributed by atoms with Crippen LogP contribution < -0.4 is 24.8 Å². The number of furan rings is 1. The number of hydrogen-bond donors (Lipinski definition) is 4. The Morgan fingerprint density at radius 1 is 0.742 bits per heavy atom. The molecule has 0 saturated carbocycles. The molecule has 62 heavy (non-hydrogen) atoms. The molecule has 0 unspecified atom stereocenters. The quantitative estimate of drug-likeness (QED) is 0.118. The van der Waals surface area contributed by atoms with Gasteiger partial charge in [-0.1, -0.05) is 44.3 Å². The molecule has 11 nitrogen and oxygen atoms in total. The molecule has 0 amide bonds. The highest BCUT2D eigenvalue weighted by molar-refractivity contribution is 9.10. The van der Waals surface area contributed by atoms with Crippen LogP contribution in [-0.2, 0) is 33.6 Å². The molecule has 10 rings (SSSR count). The minimum Gasteiger partial charge on any atom is -0.492 e. The molecule has 4 aromatic carbocycles. The van der Waals surface area contributed by atoms with Crippen LogP contribution in [0.2, 0.25) is 0 Å². The van der Waals surface area contributed by atoms with E-state index in [0.29, 0.717) is 59.0 Å². The first-order chi connectivity index (χ1) is 30.0. The molecule has 0 radical (unpaired) electrons. The monoisotopic (exact) mass is 982 g/mol. The Morgan fingerprint density at radius 2 is 1.34 bits per heavy atom. The van der Waals surface area contributed by atoms with Gasteiger partial charge >= 0.3 is 11.9 Å². The maximum Gasteiger partial charge on any atom is 0.307 e. The summed E-state index contributed by atoms with van der Waals surface area (Å²) in [5.74, 6) is -0.577. The third-order valence-corrected chi connectivity index (χ3v) is 12.8. The number of fused-ring (bicyclic) bond motifs is 4. The van der Waals surface area contributed by atoms with Crippen molar-refractivity contribution in [2.24, 2.45) is 0 Å². The number of morpholine rings is 1. The molecule has 3 atom stereocenters. The second-order valence-electron chi connectivity index (χ2n) is 15.6. The van der Waals surface area contributed by atoms with E-state index >= 15 is 0 Å². The Morgan fingerprint density at radius 3 is 1.85 bits per heavy atom. The first-order valence-corrected chi connectivity index (χ1v) is 22.6. The zero-order valence-electron chi connectivity index (χ0n) is 34.2. The number of aliphatic carboxylic acids is 2. The van der Waals surface area contributed by atoms with Gasteiger partial charge in [0.05, 0.1) is 38.9 Å². The number of piperidine rings is 1. The number of benzene rings is 4. The average molecular weight is 985 g/mol. The van der Waals surface area contributed by atoms with Gasteiger partial charge in [0.1, 0.15) is 46.7 Å². The molecular weight excluding hydrogens is 934 g/mol. The summed E-state index contributed by atoms with van der Waals surface area (Å²) in [6.45, 7) is 6.69. The van der Waals surface area contributed by atoms with Gasteiger partial charge in [-0.3, -0.25) is 9.59 Å². The largest absolute Gasteiger partial charge is 0.492 e. The van der Waals surface area contributed by atoms with Crippen molar-refractivity contribution in [1.82, 2.24) is 10.6 Å². The Labute approximate surface area is 375 Å².